The summed E-state index contributed by atoms with van der Waals surface area (Å²) in [6.45, 7) is 3.05. The highest BCUT2D eigenvalue weighted by molar-refractivity contribution is 5.73. The summed E-state index contributed by atoms with van der Waals surface area (Å²) in [5, 5.41) is 3.78. The fraction of sp³-hybridized carbons (Fsp3) is 0.594. The Balaban J connectivity index is 0.00000380. The summed E-state index contributed by atoms with van der Waals surface area (Å²) in [5.74, 6) is 0.869. The van der Waals surface area contributed by atoms with Gasteiger partial charge in [0.1, 0.15) is 11.0 Å². The Morgan fingerprint density at radius 2 is 1.32 bits per heavy atom. The first-order valence-electron chi connectivity index (χ1n) is 14.9. The highest BCUT2D eigenvalue weighted by atomic mass is 35.5. The van der Waals surface area contributed by atoms with Gasteiger partial charge >= 0.3 is 5.95 Å². The molecule has 3 aromatic rings. The van der Waals surface area contributed by atoms with E-state index in [2.05, 4.69) is 69.0 Å². The number of nitrogens with one attached hydrogen (secondary N) is 1. The summed E-state index contributed by atoms with van der Waals surface area (Å²) in [6, 6.07) is 20.1. The number of nitrogens with two attached hydrogens (primary N) is 1. The summed E-state index contributed by atoms with van der Waals surface area (Å²) in [7, 11) is 0. The van der Waals surface area contributed by atoms with Gasteiger partial charge in [0.2, 0.25) is 0 Å². The van der Waals surface area contributed by atoms with Crippen LogP contribution in [0.3, 0.4) is 0 Å². The van der Waals surface area contributed by atoms with Crippen LogP contribution in [0.4, 0.5) is 5.95 Å². The molecule has 0 unspecified atom stereocenters. The van der Waals surface area contributed by atoms with E-state index in [0.29, 0.717) is 0 Å². The molecular formula is C32H49ClN4. The average molecular weight is 525 g/mol. The molecule has 0 bridgehead atoms. The molecule has 0 saturated heterocycles. The second kappa shape index (κ2) is 16.7. The minimum atomic E-state index is 0. The van der Waals surface area contributed by atoms with Crippen LogP contribution in [0.1, 0.15) is 102 Å². The van der Waals surface area contributed by atoms with Crippen LogP contribution >= 0.6 is 0 Å². The number of para-hydroxylation sites is 2. The molecule has 4 rings (SSSR count). The second-order valence-electron chi connectivity index (χ2n) is 10.9. The van der Waals surface area contributed by atoms with Gasteiger partial charge in [0.05, 0.1) is 13.1 Å². The normalized spacial score (nSPS) is 14.2. The molecule has 0 radical (unpaired) electrons. The number of hydrogen-bond acceptors (Lipinski definition) is 2. The fourth-order valence-electron chi connectivity index (χ4n) is 5.90. The number of nitrogen functional groups attached to an aromatic ring is 1. The molecule has 204 valence electrons. The minimum absolute atomic E-state index is 0. The molecular weight excluding hydrogens is 476 g/mol. The molecule has 1 saturated carbocycles. The predicted molar refractivity (Wildman–Crippen MR) is 153 cm³/mol. The van der Waals surface area contributed by atoms with E-state index in [4.69, 9.17) is 5.73 Å². The monoisotopic (exact) mass is 524 g/mol. The molecule has 0 amide bonds. The van der Waals surface area contributed by atoms with Gasteiger partial charge in [0.25, 0.3) is 0 Å². The average Bonchev–Trinajstić information content (AvgIpc) is 3.18. The topological polar surface area (TPSA) is 46.9 Å². The van der Waals surface area contributed by atoms with Crippen molar-refractivity contribution in [2.24, 2.45) is 0 Å². The fourth-order valence-corrected chi connectivity index (χ4v) is 5.90. The van der Waals surface area contributed by atoms with E-state index in [-0.39, 0.29) is 12.4 Å². The van der Waals surface area contributed by atoms with E-state index in [9.17, 15) is 0 Å². The van der Waals surface area contributed by atoms with Crippen LogP contribution < -0.4 is 28.0 Å². The highest BCUT2D eigenvalue weighted by Crippen LogP contribution is 2.19. The number of aryl methyl sites for hydroxylation is 1. The first-order valence-corrected chi connectivity index (χ1v) is 14.9. The molecule has 5 heteroatoms. The Kier molecular flexibility index (Phi) is 13.3. The number of halogens is 1. The minimum Gasteiger partial charge on any atom is -1.00 e. The van der Waals surface area contributed by atoms with Crippen molar-refractivity contribution in [1.82, 2.24) is 9.88 Å². The number of imidazole rings is 1. The Morgan fingerprint density at radius 1 is 0.730 bits per heavy atom. The lowest BCUT2D eigenvalue weighted by Gasteiger charge is -2.22. The first kappa shape index (κ1) is 29.5. The molecule has 2 aromatic carbocycles. The maximum atomic E-state index is 6.66. The molecule has 1 heterocycles. The molecule has 0 aliphatic heterocycles. The predicted octanol–water partition coefficient (Wildman–Crippen LogP) is 4.39. The largest absolute Gasteiger partial charge is 1.00 e. The van der Waals surface area contributed by atoms with Crippen molar-refractivity contribution in [2.75, 3.05) is 12.3 Å². The van der Waals surface area contributed by atoms with Crippen molar-refractivity contribution in [2.45, 2.75) is 115 Å². The Morgan fingerprint density at radius 3 is 2.03 bits per heavy atom. The lowest BCUT2D eigenvalue weighted by atomic mass is 9.95. The maximum Gasteiger partial charge on any atom is 0.356 e. The molecule has 1 aromatic heterocycles. The summed E-state index contributed by atoms with van der Waals surface area (Å²) in [4.78, 5) is 0. The number of aromatic nitrogens is 2. The number of anilines is 1. The number of benzene rings is 2. The molecule has 1 aliphatic carbocycles. The van der Waals surface area contributed by atoms with Gasteiger partial charge in [-0.2, -0.15) is 0 Å². The van der Waals surface area contributed by atoms with Crippen LogP contribution in [0.5, 0.6) is 0 Å². The zero-order valence-electron chi connectivity index (χ0n) is 22.9. The third-order valence-corrected chi connectivity index (χ3v) is 8.05. The van der Waals surface area contributed by atoms with Crippen LogP contribution in [0.2, 0.25) is 0 Å². The molecule has 0 spiro atoms. The van der Waals surface area contributed by atoms with Gasteiger partial charge in [0.15, 0.2) is 0 Å². The summed E-state index contributed by atoms with van der Waals surface area (Å²) >= 11 is 0. The number of unbranched alkanes of at least 4 members (excludes halogenated alkanes) is 9. The van der Waals surface area contributed by atoms with Crippen molar-refractivity contribution in [3.8, 4) is 0 Å². The first-order chi connectivity index (χ1) is 17.8. The van der Waals surface area contributed by atoms with Crippen LogP contribution in [-0.2, 0) is 13.1 Å². The van der Waals surface area contributed by atoms with Crippen molar-refractivity contribution in [3.05, 3.63) is 60.2 Å². The Labute approximate surface area is 231 Å². The Bertz CT molecular complexity index is 1010. The Hall–Kier alpha value is -2.04. The van der Waals surface area contributed by atoms with Crippen LogP contribution in [0.15, 0.2) is 54.6 Å². The molecule has 3 N–H and O–H groups in total. The summed E-state index contributed by atoms with van der Waals surface area (Å²) < 4.78 is 4.58. The van der Waals surface area contributed by atoms with Crippen molar-refractivity contribution in [1.29, 1.82) is 0 Å². The van der Waals surface area contributed by atoms with Gasteiger partial charge in [0, 0.05) is 6.04 Å². The quantitative estimate of drug-likeness (QED) is 0.216. The van der Waals surface area contributed by atoms with Crippen LogP contribution in [0, 0.1) is 0 Å². The molecule has 1 aliphatic rings. The van der Waals surface area contributed by atoms with Crippen LogP contribution in [0.25, 0.3) is 11.0 Å². The van der Waals surface area contributed by atoms with Gasteiger partial charge < -0.3 is 17.7 Å². The standard InChI is InChI=1S/C32H48N4.ClH/c33-32-35(30-23-15-16-24-31(30)36(32)27-28-19-11-9-12-20-28)26-18-8-6-4-2-1-3-5-7-17-25-34-29-21-13-10-14-22-29;/h9,11-12,15-16,19-20,23-24,29,33-34H,1-8,10,13-14,17-18,21-22,25-27H2;1H. The van der Waals surface area contributed by atoms with Crippen molar-refractivity contribution < 1.29 is 17.0 Å². The third-order valence-electron chi connectivity index (χ3n) is 8.05. The molecule has 1 fully saturated rings. The van der Waals surface area contributed by atoms with Crippen LogP contribution in [-0.4, -0.2) is 17.2 Å². The van der Waals surface area contributed by atoms with Gasteiger partial charge in [-0.25, -0.2) is 9.13 Å². The number of nitrogens with zero attached hydrogens (tertiary/aromatic N) is 2. The number of hydrogen-bond donors (Lipinski definition) is 2. The number of rotatable bonds is 16. The highest BCUT2D eigenvalue weighted by Gasteiger charge is 2.20. The van der Waals surface area contributed by atoms with Gasteiger partial charge in [-0.3, -0.25) is 5.73 Å². The molecule has 4 nitrogen and oxygen atoms in total. The van der Waals surface area contributed by atoms with Crippen molar-refractivity contribution in [3.63, 3.8) is 0 Å². The SMILES string of the molecule is Nc1n(CCCCCCCCCCCCNC2CCCCC2)c2ccccc2[n+]1Cc1ccccc1.[Cl-]. The van der Waals surface area contributed by atoms with E-state index in [1.54, 1.807) is 0 Å². The van der Waals surface area contributed by atoms with Crippen molar-refractivity contribution >= 4 is 17.0 Å². The summed E-state index contributed by atoms with van der Waals surface area (Å²) in [6.07, 6.45) is 20.7. The van der Waals surface area contributed by atoms with E-state index in [1.165, 1.54) is 119 Å². The smallest absolute Gasteiger partial charge is 0.356 e. The molecule has 37 heavy (non-hydrogen) atoms. The lowest BCUT2D eigenvalue weighted by Crippen LogP contribution is -3.00. The summed E-state index contributed by atoms with van der Waals surface area (Å²) in [5.41, 5.74) is 10.4. The van der Waals surface area contributed by atoms with Gasteiger partial charge in [-0.05, 0) is 49.9 Å². The van der Waals surface area contributed by atoms with Gasteiger partial charge in [-0.1, -0.05) is 113 Å². The van der Waals surface area contributed by atoms with E-state index in [0.717, 1.165) is 25.1 Å². The van der Waals surface area contributed by atoms with Gasteiger partial charge in [-0.15, -0.1) is 0 Å². The zero-order chi connectivity index (χ0) is 24.8. The lowest BCUT2D eigenvalue weighted by molar-refractivity contribution is -0.648. The zero-order valence-corrected chi connectivity index (χ0v) is 23.6. The van der Waals surface area contributed by atoms with E-state index < -0.39 is 0 Å². The van der Waals surface area contributed by atoms with E-state index >= 15 is 0 Å². The van der Waals surface area contributed by atoms with E-state index in [1.807, 2.05) is 0 Å². The third kappa shape index (κ3) is 9.33. The second-order valence-corrected chi connectivity index (χ2v) is 10.9. The number of fused-ring (bicyclic) bond motifs is 1. The molecule has 0 atom stereocenters. The maximum absolute atomic E-state index is 6.66.